The fourth-order valence-electron chi connectivity index (χ4n) is 1.61. The van der Waals surface area contributed by atoms with Crippen LogP contribution in [0.5, 0.6) is 11.6 Å². The molecule has 0 atom stereocenters. The summed E-state index contributed by atoms with van der Waals surface area (Å²) in [6.07, 6.45) is 1.68. The number of nitrogens with zero attached hydrogens (tertiary/aromatic N) is 1. The van der Waals surface area contributed by atoms with Crippen LogP contribution in [0.25, 0.3) is 0 Å². The Hall–Kier alpha value is -1.17. The van der Waals surface area contributed by atoms with Gasteiger partial charge in [-0.15, -0.1) is 0 Å². The number of benzene rings is 1. The second-order valence-corrected chi connectivity index (χ2v) is 5.44. The van der Waals surface area contributed by atoms with E-state index in [1.165, 1.54) is 12.1 Å². The Labute approximate surface area is 130 Å². The fourth-order valence-corrected chi connectivity index (χ4v) is 2.28. The van der Waals surface area contributed by atoms with Crippen molar-refractivity contribution in [1.29, 1.82) is 0 Å². The molecule has 1 heterocycles. The fraction of sp³-hybridized carbons (Fsp3) is 0.214. The number of halogens is 3. The average molecular weight is 360 g/mol. The van der Waals surface area contributed by atoms with Gasteiger partial charge < -0.3 is 10.1 Å². The molecule has 2 aromatic rings. The van der Waals surface area contributed by atoms with Crippen LogP contribution in [0.2, 0.25) is 5.02 Å². The normalized spacial score (nSPS) is 10.6. The number of pyridine rings is 1. The van der Waals surface area contributed by atoms with Gasteiger partial charge in [0, 0.05) is 23.3 Å². The van der Waals surface area contributed by atoms with E-state index in [0.717, 1.165) is 12.1 Å². The van der Waals surface area contributed by atoms with E-state index in [-0.39, 0.29) is 5.88 Å². The number of rotatable bonds is 5. The number of hydrogen-bond donors (Lipinski definition) is 1. The lowest BCUT2D eigenvalue weighted by molar-refractivity contribution is 0.457. The first-order chi connectivity index (χ1) is 9.58. The van der Waals surface area contributed by atoms with Crippen LogP contribution in [0, 0.1) is 5.82 Å². The minimum absolute atomic E-state index is 0.254. The topological polar surface area (TPSA) is 34.2 Å². The van der Waals surface area contributed by atoms with Gasteiger partial charge in [-0.25, -0.2) is 9.37 Å². The largest absolute Gasteiger partial charge is 0.437 e. The summed E-state index contributed by atoms with van der Waals surface area (Å²) in [6.45, 7) is 3.58. The van der Waals surface area contributed by atoms with E-state index >= 15 is 0 Å². The highest BCUT2D eigenvalue weighted by molar-refractivity contribution is 9.10. The number of ether oxygens (including phenoxy) is 1. The van der Waals surface area contributed by atoms with Gasteiger partial charge in [0.25, 0.3) is 0 Å². The molecule has 0 aliphatic heterocycles. The Bertz CT molecular complexity index is 589. The molecule has 20 heavy (non-hydrogen) atoms. The molecule has 1 aromatic heterocycles. The van der Waals surface area contributed by atoms with Crippen molar-refractivity contribution in [1.82, 2.24) is 10.3 Å². The van der Waals surface area contributed by atoms with Crippen molar-refractivity contribution in [2.45, 2.75) is 13.5 Å². The van der Waals surface area contributed by atoms with Gasteiger partial charge in [-0.05, 0) is 30.3 Å². The highest BCUT2D eigenvalue weighted by Crippen LogP contribution is 2.29. The summed E-state index contributed by atoms with van der Waals surface area (Å²) in [5.41, 5.74) is 0.963. The maximum absolute atomic E-state index is 13.3. The third-order valence-corrected chi connectivity index (χ3v) is 3.22. The molecule has 0 amide bonds. The molecule has 3 nitrogen and oxygen atoms in total. The monoisotopic (exact) mass is 358 g/mol. The molecule has 0 radical (unpaired) electrons. The first kappa shape index (κ1) is 15.2. The summed E-state index contributed by atoms with van der Waals surface area (Å²) >= 11 is 9.32. The van der Waals surface area contributed by atoms with Crippen molar-refractivity contribution in [3.05, 3.63) is 51.3 Å². The Morgan fingerprint density at radius 3 is 2.80 bits per heavy atom. The van der Waals surface area contributed by atoms with E-state index in [9.17, 15) is 4.39 Å². The Morgan fingerprint density at radius 2 is 2.15 bits per heavy atom. The zero-order chi connectivity index (χ0) is 14.5. The average Bonchev–Trinajstić information content (AvgIpc) is 2.38. The molecule has 6 heteroatoms. The molecule has 0 saturated carbocycles. The minimum Gasteiger partial charge on any atom is -0.437 e. The smallest absolute Gasteiger partial charge is 0.238 e. The summed E-state index contributed by atoms with van der Waals surface area (Å²) < 4.78 is 19.4. The van der Waals surface area contributed by atoms with Crippen molar-refractivity contribution in [3.63, 3.8) is 0 Å². The van der Waals surface area contributed by atoms with Crippen LogP contribution in [0.4, 0.5) is 4.39 Å². The third kappa shape index (κ3) is 4.16. The van der Waals surface area contributed by atoms with Gasteiger partial charge in [-0.1, -0.05) is 34.5 Å². The highest BCUT2D eigenvalue weighted by Gasteiger charge is 2.08. The highest BCUT2D eigenvalue weighted by atomic mass is 79.9. The first-order valence-corrected chi connectivity index (χ1v) is 7.24. The van der Waals surface area contributed by atoms with Crippen LogP contribution in [-0.2, 0) is 6.54 Å². The van der Waals surface area contributed by atoms with Crippen LogP contribution in [-0.4, -0.2) is 11.5 Å². The van der Waals surface area contributed by atoms with Crippen molar-refractivity contribution < 1.29 is 9.13 Å². The van der Waals surface area contributed by atoms with Crippen LogP contribution in [0.15, 0.2) is 34.9 Å². The van der Waals surface area contributed by atoms with E-state index in [4.69, 9.17) is 16.3 Å². The second-order valence-electron chi connectivity index (χ2n) is 4.12. The molecule has 0 unspecified atom stereocenters. The maximum atomic E-state index is 13.3. The Morgan fingerprint density at radius 1 is 1.35 bits per heavy atom. The SMILES string of the molecule is CCNCc1cnc(Oc2cc(F)cc(Br)c2)c(Cl)c1. The molecule has 0 bridgehead atoms. The molecule has 1 N–H and O–H groups in total. The maximum Gasteiger partial charge on any atom is 0.238 e. The van der Waals surface area contributed by atoms with Crippen LogP contribution >= 0.6 is 27.5 Å². The zero-order valence-corrected chi connectivity index (χ0v) is 13.1. The van der Waals surface area contributed by atoms with Gasteiger partial charge in [0.1, 0.15) is 16.6 Å². The molecule has 1 aromatic carbocycles. The standard InChI is InChI=1S/C14H13BrClFN2O/c1-2-18-7-9-3-13(16)14(19-8-9)20-12-5-10(15)4-11(17)6-12/h3-6,8,18H,2,7H2,1H3. The molecule has 0 aliphatic carbocycles. The summed E-state index contributed by atoms with van der Waals surface area (Å²) in [7, 11) is 0. The lowest BCUT2D eigenvalue weighted by Crippen LogP contribution is -2.11. The summed E-state index contributed by atoms with van der Waals surface area (Å²) in [5.74, 6) is 0.199. The predicted octanol–water partition coefficient (Wildman–Crippen LogP) is 4.54. The van der Waals surface area contributed by atoms with E-state index in [1.54, 1.807) is 18.3 Å². The second kappa shape index (κ2) is 7.02. The van der Waals surface area contributed by atoms with Crippen molar-refractivity contribution in [3.8, 4) is 11.6 Å². The lowest BCUT2D eigenvalue weighted by atomic mass is 10.3. The molecular formula is C14H13BrClFN2O. The van der Waals surface area contributed by atoms with Gasteiger partial charge in [0.15, 0.2) is 0 Å². The predicted molar refractivity (Wildman–Crippen MR) is 80.8 cm³/mol. The molecule has 0 saturated heterocycles. The molecule has 0 fully saturated rings. The van der Waals surface area contributed by atoms with Gasteiger partial charge in [-0.3, -0.25) is 0 Å². The van der Waals surface area contributed by atoms with Crippen LogP contribution < -0.4 is 10.1 Å². The van der Waals surface area contributed by atoms with E-state index in [1.807, 2.05) is 6.92 Å². The molecule has 106 valence electrons. The van der Waals surface area contributed by atoms with Crippen molar-refractivity contribution >= 4 is 27.5 Å². The summed E-state index contributed by atoms with van der Waals surface area (Å²) in [4.78, 5) is 4.15. The van der Waals surface area contributed by atoms with Crippen LogP contribution in [0.1, 0.15) is 12.5 Å². The van der Waals surface area contributed by atoms with Gasteiger partial charge >= 0.3 is 0 Å². The number of hydrogen-bond acceptors (Lipinski definition) is 3. The summed E-state index contributed by atoms with van der Waals surface area (Å²) in [6, 6.07) is 6.05. The first-order valence-electron chi connectivity index (χ1n) is 6.07. The van der Waals surface area contributed by atoms with Gasteiger partial charge in [0.2, 0.25) is 5.88 Å². The molecule has 2 rings (SSSR count). The van der Waals surface area contributed by atoms with Gasteiger partial charge in [-0.2, -0.15) is 0 Å². The molecular weight excluding hydrogens is 347 g/mol. The number of aromatic nitrogens is 1. The third-order valence-electron chi connectivity index (χ3n) is 2.49. The molecule has 0 spiro atoms. The van der Waals surface area contributed by atoms with Crippen LogP contribution in [0.3, 0.4) is 0 Å². The van der Waals surface area contributed by atoms with E-state index in [0.29, 0.717) is 21.8 Å². The van der Waals surface area contributed by atoms with E-state index in [2.05, 4.69) is 26.2 Å². The molecule has 0 aliphatic rings. The Balaban J connectivity index is 2.16. The minimum atomic E-state index is -0.394. The summed E-state index contributed by atoms with van der Waals surface area (Å²) in [5, 5.41) is 3.57. The number of nitrogens with one attached hydrogen (secondary N) is 1. The van der Waals surface area contributed by atoms with E-state index < -0.39 is 5.82 Å². The van der Waals surface area contributed by atoms with Crippen molar-refractivity contribution in [2.75, 3.05) is 6.54 Å². The zero-order valence-electron chi connectivity index (χ0n) is 10.8. The van der Waals surface area contributed by atoms with Crippen molar-refractivity contribution in [2.24, 2.45) is 0 Å². The Kier molecular flexibility index (Phi) is 5.34. The quantitative estimate of drug-likeness (QED) is 0.851. The lowest BCUT2D eigenvalue weighted by Gasteiger charge is -2.09. The van der Waals surface area contributed by atoms with Gasteiger partial charge in [0.05, 0.1) is 0 Å².